The number of anilines is 2. The topological polar surface area (TPSA) is 50.4 Å². The minimum atomic E-state index is -1.65. The molecule has 140 valence electrons. The zero-order chi connectivity index (χ0) is 19.8. The van der Waals surface area contributed by atoms with Crippen molar-refractivity contribution in [3.05, 3.63) is 43.7 Å². The summed E-state index contributed by atoms with van der Waals surface area (Å²) in [5.41, 5.74) is -0.246. The van der Waals surface area contributed by atoms with Crippen molar-refractivity contribution in [2.45, 2.75) is 13.8 Å². The Hall–Kier alpha value is -1.72. The highest BCUT2D eigenvalue weighted by Crippen LogP contribution is 2.34. The number of esters is 1. The van der Waals surface area contributed by atoms with E-state index in [4.69, 9.17) is 17.0 Å². The Bertz CT molecular complexity index is 889. The molecule has 2 N–H and O–H groups in total. The van der Waals surface area contributed by atoms with Gasteiger partial charge in [-0.05, 0) is 47.6 Å². The van der Waals surface area contributed by atoms with Crippen molar-refractivity contribution in [2.24, 2.45) is 0 Å². The lowest BCUT2D eigenvalue weighted by Crippen LogP contribution is -2.22. The van der Waals surface area contributed by atoms with E-state index in [9.17, 15) is 22.4 Å². The van der Waals surface area contributed by atoms with Crippen molar-refractivity contribution in [1.29, 1.82) is 0 Å². The van der Waals surface area contributed by atoms with Crippen LogP contribution in [0.5, 0.6) is 0 Å². The van der Waals surface area contributed by atoms with Gasteiger partial charge in [-0.25, -0.2) is 22.4 Å². The van der Waals surface area contributed by atoms with Crippen LogP contribution in [-0.4, -0.2) is 18.2 Å². The molecule has 0 amide bonds. The number of ether oxygens (including phenoxy) is 1. The fourth-order valence-corrected chi connectivity index (χ4v) is 3.70. The summed E-state index contributed by atoms with van der Waals surface area (Å²) < 4.78 is 58.7. The van der Waals surface area contributed by atoms with Crippen molar-refractivity contribution in [2.75, 3.05) is 17.7 Å². The molecule has 0 atom stereocenters. The van der Waals surface area contributed by atoms with Crippen LogP contribution in [-0.2, 0) is 4.74 Å². The lowest BCUT2D eigenvalue weighted by Gasteiger charge is -2.13. The van der Waals surface area contributed by atoms with Gasteiger partial charge in [-0.1, -0.05) is 0 Å². The van der Waals surface area contributed by atoms with E-state index in [0.717, 1.165) is 16.2 Å². The average molecular weight is 471 g/mol. The van der Waals surface area contributed by atoms with Gasteiger partial charge < -0.3 is 15.4 Å². The molecule has 0 aliphatic rings. The lowest BCUT2D eigenvalue weighted by molar-refractivity contribution is 0.0601. The molecule has 11 heteroatoms. The number of aryl methyl sites for hydroxylation is 1. The van der Waals surface area contributed by atoms with Gasteiger partial charge in [-0.3, -0.25) is 0 Å². The van der Waals surface area contributed by atoms with Gasteiger partial charge in [0, 0.05) is 4.88 Å². The molecule has 0 spiro atoms. The van der Waals surface area contributed by atoms with Gasteiger partial charge in [-0.2, -0.15) is 0 Å². The first kappa shape index (κ1) is 20.6. The van der Waals surface area contributed by atoms with Gasteiger partial charge in [0.15, 0.2) is 28.4 Å². The van der Waals surface area contributed by atoms with Crippen LogP contribution in [0, 0.1) is 37.1 Å². The van der Waals surface area contributed by atoms with Gasteiger partial charge in [0.2, 0.25) is 0 Å². The molecule has 0 unspecified atom stereocenters. The molecule has 2 aromatic rings. The summed E-state index contributed by atoms with van der Waals surface area (Å²) in [7, 11) is 1.20. The SMILES string of the molecule is COC(=O)c1c(NC(=S)Nc2c(F)c(F)c(Br)c(F)c2F)sc(C)c1C. The number of carbonyl (C=O) groups excluding carboxylic acids is 1. The summed E-state index contributed by atoms with van der Waals surface area (Å²) in [6.07, 6.45) is 0. The predicted molar refractivity (Wildman–Crippen MR) is 98.9 cm³/mol. The number of hydrogen-bond acceptors (Lipinski definition) is 4. The van der Waals surface area contributed by atoms with E-state index in [1.165, 1.54) is 7.11 Å². The van der Waals surface area contributed by atoms with Gasteiger partial charge >= 0.3 is 5.97 Å². The molecule has 0 aliphatic carbocycles. The smallest absolute Gasteiger partial charge is 0.341 e. The number of rotatable bonds is 3. The molecule has 0 bridgehead atoms. The second-order valence-corrected chi connectivity index (χ2v) is 7.43. The third-order valence-corrected chi connectivity index (χ3v) is 5.47. The number of thiophene rings is 1. The van der Waals surface area contributed by atoms with Crippen LogP contribution < -0.4 is 10.6 Å². The second kappa shape index (κ2) is 7.89. The van der Waals surface area contributed by atoms with Crippen LogP contribution in [0.3, 0.4) is 0 Å². The zero-order valence-corrected chi connectivity index (χ0v) is 16.7. The van der Waals surface area contributed by atoms with Crippen LogP contribution in [0.1, 0.15) is 20.8 Å². The first-order valence-corrected chi connectivity index (χ1v) is 8.89. The van der Waals surface area contributed by atoms with Crippen LogP contribution in [0.2, 0.25) is 0 Å². The maximum atomic E-state index is 13.9. The first-order chi connectivity index (χ1) is 12.1. The summed E-state index contributed by atoms with van der Waals surface area (Å²) in [5.74, 6) is -7.13. The third kappa shape index (κ3) is 3.69. The second-order valence-electron chi connectivity index (χ2n) is 5.00. The van der Waals surface area contributed by atoms with E-state index in [0.29, 0.717) is 5.56 Å². The van der Waals surface area contributed by atoms with Crippen molar-refractivity contribution >= 4 is 61.3 Å². The number of hydrogen-bond donors (Lipinski definition) is 2. The maximum absolute atomic E-state index is 13.9. The number of halogens is 5. The molecule has 0 radical (unpaired) electrons. The summed E-state index contributed by atoms with van der Waals surface area (Å²) in [6.45, 7) is 3.45. The summed E-state index contributed by atoms with van der Waals surface area (Å²) >= 11 is 8.52. The minimum Gasteiger partial charge on any atom is -0.465 e. The molecule has 1 aromatic heterocycles. The highest BCUT2D eigenvalue weighted by Gasteiger charge is 2.26. The van der Waals surface area contributed by atoms with Crippen molar-refractivity contribution in [1.82, 2.24) is 0 Å². The van der Waals surface area contributed by atoms with Crippen LogP contribution in [0.25, 0.3) is 0 Å². The van der Waals surface area contributed by atoms with E-state index in [1.807, 2.05) is 0 Å². The molecular formula is C15H11BrF4N2O2S2. The minimum absolute atomic E-state index is 0.202. The predicted octanol–water partition coefficient (Wildman–Crippen LogP) is 5.28. The molecule has 0 saturated carbocycles. The number of thiocarbonyl (C=S) groups is 1. The molecule has 0 saturated heterocycles. The zero-order valence-electron chi connectivity index (χ0n) is 13.5. The maximum Gasteiger partial charge on any atom is 0.341 e. The van der Waals surface area contributed by atoms with Gasteiger partial charge in [0.1, 0.15) is 10.7 Å². The highest BCUT2D eigenvalue weighted by atomic mass is 79.9. The Morgan fingerprint density at radius 2 is 1.62 bits per heavy atom. The van der Waals surface area contributed by atoms with E-state index >= 15 is 0 Å². The van der Waals surface area contributed by atoms with Crippen molar-refractivity contribution < 1.29 is 27.1 Å². The molecule has 4 nitrogen and oxygen atoms in total. The van der Waals surface area contributed by atoms with E-state index in [-0.39, 0.29) is 15.7 Å². The van der Waals surface area contributed by atoms with Crippen LogP contribution >= 0.6 is 39.5 Å². The van der Waals surface area contributed by atoms with Crippen molar-refractivity contribution in [3.63, 3.8) is 0 Å². The molecule has 1 heterocycles. The Labute approximate surface area is 163 Å². The molecule has 1 aromatic carbocycles. The quantitative estimate of drug-likeness (QED) is 0.210. The van der Waals surface area contributed by atoms with Crippen molar-refractivity contribution in [3.8, 4) is 0 Å². The monoisotopic (exact) mass is 470 g/mol. The summed E-state index contributed by atoms with van der Waals surface area (Å²) in [4.78, 5) is 12.7. The fourth-order valence-electron chi connectivity index (χ4n) is 2.03. The first-order valence-electron chi connectivity index (χ1n) is 6.87. The molecule has 26 heavy (non-hydrogen) atoms. The number of methoxy groups -OCH3 is 1. The van der Waals surface area contributed by atoms with E-state index < -0.39 is 39.4 Å². The lowest BCUT2D eigenvalue weighted by atomic mass is 10.1. The largest absolute Gasteiger partial charge is 0.465 e. The highest BCUT2D eigenvalue weighted by molar-refractivity contribution is 9.10. The molecule has 0 fully saturated rings. The summed E-state index contributed by atoms with van der Waals surface area (Å²) in [6, 6.07) is 0. The molecule has 0 aliphatic heterocycles. The van der Waals surface area contributed by atoms with Crippen LogP contribution in [0.4, 0.5) is 28.3 Å². The van der Waals surface area contributed by atoms with Gasteiger partial charge in [-0.15, -0.1) is 11.3 Å². The summed E-state index contributed by atoms with van der Waals surface area (Å²) in [5, 5.41) is 4.57. The Morgan fingerprint density at radius 1 is 1.08 bits per heavy atom. The fraction of sp³-hybridized carbons (Fsp3) is 0.200. The Morgan fingerprint density at radius 3 is 2.12 bits per heavy atom. The normalized spacial score (nSPS) is 10.6. The van der Waals surface area contributed by atoms with Gasteiger partial charge in [0.25, 0.3) is 0 Å². The Balaban J connectivity index is 2.35. The van der Waals surface area contributed by atoms with E-state index in [1.54, 1.807) is 13.8 Å². The number of carbonyl (C=O) groups is 1. The average Bonchev–Trinajstić information content (AvgIpc) is 2.88. The van der Waals surface area contributed by atoms with Gasteiger partial charge in [0.05, 0.1) is 17.1 Å². The third-order valence-electron chi connectivity index (χ3n) is 3.45. The number of benzene rings is 1. The van der Waals surface area contributed by atoms with Crippen LogP contribution in [0.15, 0.2) is 4.47 Å². The molecule has 2 rings (SSSR count). The Kier molecular flexibility index (Phi) is 6.25. The van der Waals surface area contributed by atoms with E-state index in [2.05, 4.69) is 26.6 Å². The standard InChI is InChI=1S/C15H11BrF4N2O2S2/c1-4-5(2)26-13(6(4)14(23)24-3)22-15(25)21-12-10(19)8(17)7(16)9(18)11(12)20/h1-3H3,(H2,21,22,25). The molecular weight excluding hydrogens is 460 g/mol. The number of nitrogens with one attached hydrogen (secondary N) is 2.